The molecular formula is C74H45NO3. The van der Waals surface area contributed by atoms with E-state index in [1.165, 1.54) is 50.1 Å². The summed E-state index contributed by atoms with van der Waals surface area (Å²) in [5, 5.41) is 2.23. The zero-order chi connectivity index (χ0) is 51.1. The van der Waals surface area contributed by atoms with E-state index in [1.54, 1.807) is 0 Å². The summed E-state index contributed by atoms with van der Waals surface area (Å²) >= 11 is 0. The number of hydrogen-bond donors (Lipinski definition) is 0. The normalized spacial score (nSPS) is 14.1. The summed E-state index contributed by atoms with van der Waals surface area (Å²) in [6, 6.07) is 99.2. The Bertz CT molecular complexity index is 4570. The van der Waals surface area contributed by atoms with Gasteiger partial charge in [-0.3, -0.25) is 0 Å². The molecule has 0 saturated carbocycles. The van der Waals surface area contributed by atoms with Crippen LogP contribution in [0.15, 0.2) is 277 Å². The summed E-state index contributed by atoms with van der Waals surface area (Å²) in [6.07, 6.45) is 0. The maximum absolute atomic E-state index is 6.76. The summed E-state index contributed by atoms with van der Waals surface area (Å²) in [7, 11) is 0. The first-order valence-corrected chi connectivity index (χ1v) is 26.8. The second kappa shape index (κ2) is 16.2. The Morgan fingerprint density at radius 3 is 1.41 bits per heavy atom. The molecule has 1 aromatic heterocycles. The molecule has 0 unspecified atom stereocenters. The highest BCUT2D eigenvalue weighted by Crippen LogP contribution is 2.65. The Morgan fingerprint density at radius 2 is 0.731 bits per heavy atom. The first-order valence-electron chi connectivity index (χ1n) is 26.8. The SMILES string of the molecule is c1cc(-c2cccc3c2-c2ccccc2C32c3ccccc3Oc3ccccc32)cc(N(c2ccc(-c3cccc4oc5ccccc5c34)cc2)c2ccc3c(c2)C2(c4ccccc4Oc4ccccc42)c2ccccc2-3)c1. The Kier molecular flexibility index (Phi) is 8.94. The number of anilines is 3. The van der Waals surface area contributed by atoms with Crippen LogP contribution in [0.1, 0.15) is 44.5 Å². The molecule has 13 aromatic rings. The van der Waals surface area contributed by atoms with Gasteiger partial charge in [0.2, 0.25) is 0 Å². The molecule has 2 aliphatic heterocycles. The second-order valence-electron chi connectivity index (χ2n) is 20.9. The number of fused-ring (bicyclic) bond motifs is 21. The van der Waals surface area contributed by atoms with Gasteiger partial charge in [-0.25, -0.2) is 0 Å². The van der Waals surface area contributed by atoms with Gasteiger partial charge in [-0.15, -0.1) is 0 Å². The lowest BCUT2D eigenvalue weighted by Crippen LogP contribution is -2.32. The van der Waals surface area contributed by atoms with Crippen molar-refractivity contribution < 1.29 is 13.9 Å². The van der Waals surface area contributed by atoms with Crippen LogP contribution in [0.25, 0.3) is 66.4 Å². The number of para-hydroxylation sites is 5. The number of hydrogen-bond acceptors (Lipinski definition) is 4. The fraction of sp³-hybridized carbons (Fsp3) is 0.0270. The molecule has 4 aliphatic rings. The number of nitrogens with zero attached hydrogens (tertiary/aromatic N) is 1. The third-order valence-corrected chi connectivity index (χ3v) is 17.2. The van der Waals surface area contributed by atoms with Gasteiger partial charge in [-0.1, -0.05) is 200 Å². The Balaban J connectivity index is 0.887. The molecule has 17 rings (SSSR count). The van der Waals surface area contributed by atoms with Crippen molar-refractivity contribution in [3.63, 3.8) is 0 Å². The van der Waals surface area contributed by atoms with Crippen molar-refractivity contribution in [1.82, 2.24) is 0 Å². The minimum absolute atomic E-state index is 0.578. The van der Waals surface area contributed by atoms with E-state index in [0.29, 0.717) is 0 Å². The molecule has 0 amide bonds. The maximum atomic E-state index is 6.76. The van der Waals surface area contributed by atoms with E-state index in [-0.39, 0.29) is 0 Å². The second-order valence-corrected chi connectivity index (χ2v) is 20.9. The van der Waals surface area contributed by atoms with Crippen LogP contribution < -0.4 is 14.4 Å². The number of benzene rings is 12. The molecule has 0 fully saturated rings. The predicted octanol–water partition coefficient (Wildman–Crippen LogP) is 19.3. The van der Waals surface area contributed by atoms with Crippen molar-refractivity contribution in [2.75, 3.05) is 4.90 Å². The van der Waals surface area contributed by atoms with Crippen LogP contribution in [0.4, 0.5) is 17.1 Å². The van der Waals surface area contributed by atoms with Crippen LogP contribution in [-0.2, 0) is 10.8 Å². The summed E-state index contributed by atoms with van der Waals surface area (Å²) in [6.45, 7) is 0. The average Bonchev–Trinajstić information content (AvgIpc) is 4.21. The summed E-state index contributed by atoms with van der Waals surface area (Å²) in [5.41, 5.74) is 22.7. The van der Waals surface area contributed by atoms with E-state index in [0.717, 1.165) is 101 Å². The highest BCUT2D eigenvalue weighted by Gasteiger charge is 2.53. The number of rotatable bonds is 5. The van der Waals surface area contributed by atoms with Crippen LogP contribution in [-0.4, -0.2) is 0 Å². The lowest BCUT2D eigenvalue weighted by atomic mass is 9.66. The molecule has 2 spiro atoms. The molecular weight excluding hydrogens is 951 g/mol. The van der Waals surface area contributed by atoms with Crippen molar-refractivity contribution in [3.8, 4) is 67.5 Å². The Morgan fingerprint density at radius 1 is 0.269 bits per heavy atom. The monoisotopic (exact) mass is 995 g/mol. The van der Waals surface area contributed by atoms with E-state index >= 15 is 0 Å². The van der Waals surface area contributed by atoms with E-state index in [4.69, 9.17) is 13.9 Å². The molecule has 4 heteroatoms. The molecule has 78 heavy (non-hydrogen) atoms. The van der Waals surface area contributed by atoms with Gasteiger partial charge in [0.05, 0.1) is 10.8 Å². The zero-order valence-electron chi connectivity index (χ0n) is 42.2. The molecule has 0 atom stereocenters. The minimum Gasteiger partial charge on any atom is -0.457 e. The minimum atomic E-state index is -0.633. The molecule has 0 bridgehead atoms. The predicted molar refractivity (Wildman–Crippen MR) is 314 cm³/mol. The molecule has 0 radical (unpaired) electrons. The number of furan rings is 1. The fourth-order valence-electron chi connectivity index (χ4n) is 14.2. The van der Waals surface area contributed by atoms with Crippen molar-refractivity contribution >= 4 is 39.0 Å². The highest BCUT2D eigenvalue weighted by atomic mass is 16.5. The molecule has 364 valence electrons. The van der Waals surface area contributed by atoms with E-state index < -0.39 is 10.8 Å². The lowest BCUT2D eigenvalue weighted by Gasteiger charge is -2.39. The molecule has 0 saturated heterocycles. The van der Waals surface area contributed by atoms with Crippen molar-refractivity contribution in [1.29, 1.82) is 0 Å². The molecule has 0 N–H and O–H groups in total. The van der Waals surface area contributed by atoms with Gasteiger partial charge >= 0.3 is 0 Å². The number of ether oxygens (including phenoxy) is 2. The van der Waals surface area contributed by atoms with Crippen LogP contribution in [0.5, 0.6) is 23.0 Å². The molecule has 4 nitrogen and oxygen atoms in total. The molecule has 12 aromatic carbocycles. The first kappa shape index (κ1) is 43.1. The van der Waals surface area contributed by atoms with Crippen LogP contribution in [0.3, 0.4) is 0 Å². The topological polar surface area (TPSA) is 34.8 Å². The quantitative estimate of drug-likeness (QED) is 0.172. The van der Waals surface area contributed by atoms with Gasteiger partial charge in [0, 0.05) is 50.1 Å². The maximum Gasteiger partial charge on any atom is 0.136 e. The molecule has 2 aliphatic carbocycles. The van der Waals surface area contributed by atoms with Crippen LogP contribution in [0, 0.1) is 0 Å². The summed E-state index contributed by atoms with van der Waals surface area (Å²) < 4.78 is 19.8. The van der Waals surface area contributed by atoms with Gasteiger partial charge in [-0.05, 0) is 140 Å². The summed E-state index contributed by atoms with van der Waals surface area (Å²) in [5.74, 6) is 3.51. The van der Waals surface area contributed by atoms with E-state index in [9.17, 15) is 0 Å². The van der Waals surface area contributed by atoms with Gasteiger partial charge in [0.15, 0.2) is 0 Å². The fourth-order valence-corrected chi connectivity index (χ4v) is 14.2. The third kappa shape index (κ3) is 5.73. The van der Waals surface area contributed by atoms with Crippen LogP contribution >= 0.6 is 0 Å². The van der Waals surface area contributed by atoms with Crippen molar-refractivity contribution in [2.24, 2.45) is 0 Å². The standard InChI is InChI=1S/C74H45NO3/c1-4-25-57-53(20-1)54-43-42-50(45-64(54)74(57)61-29-8-13-35-68(61)78-69-36-14-9-30-62(69)74)75(48-40-38-46(39-41-48)51-24-17-37-70-72(51)56-22-3-10-32-65(56)76-70)49-19-15-18-47(44-49)52-23-16-31-63-71(52)55-21-2-5-26-58(55)73(63)59-27-6-11-33-66(59)77-67-34-12-7-28-60(67)73/h1-45H. The van der Waals surface area contributed by atoms with Crippen molar-refractivity contribution in [2.45, 2.75) is 10.8 Å². The van der Waals surface area contributed by atoms with Gasteiger partial charge in [0.25, 0.3) is 0 Å². The zero-order valence-corrected chi connectivity index (χ0v) is 42.2. The first-order chi connectivity index (χ1) is 38.7. The smallest absolute Gasteiger partial charge is 0.136 e. The van der Waals surface area contributed by atoms with Crippen LogP contribution in [0.2, 0.25) is 0 Å². The third-order valence-electron chi connectivity index (χ3n) is 17.2. The molecule has 3 heterocycles. The van der Waals surface area contributed by atoms with Gasteiger partial charge in [0.1, 0.15) is 34.2 Å². The van der Waals surface area contributed by atoms with Crippen molar-refractivity contribution in [3.05, 3.63) is 317 Å². The largest absolute Gasteiger partial charge is 0.457 e. The lowest BCUT2D eigenvalue weighted by molar-refractivity contribution is 0.436. The van der Waals surface area contributed by atoms with Gasteiger partial charge in [-0.2, -0.15) is 0 Å². The summed E-state index contributed by atoms with van der Waals surface area (Å²) in [4.78, 5) is 2.44. The van der Waals surface area contributed by atoms with E-state index in [1.807, 2.05) is 6.07 Å². The Labute approximate surface area is 451 Å². The van der Waals surface area contributed by atoms with Gasteiger partial charge < -0.3 is 18.8 Å². The highest BCUT2D eigenvalue weighted by molar-refractivity contribution is 6.12. The Hall–Kier alpha value is -10.2. The average molecular weight is 996 g/mol. The van der Waals surface area contributed by atoms with E-state index in [2.05, 4.69) is 272 Å².